The summed E-state index contributed by atoms with van der Waals surface area (Å²) in [5.41, 5.74) is 0. The molecule has 2 aliphatic rings. The van der Waals surface area contributed by atoms with Gasteiger partial charge >= 0.3 is 5.97 Å². The molecule has 120 valence electrons. The highest BCUT2D eigenvalue weighted by atomic mass is 28.4. The Labute approximate surface area is 127 Å². The second kappa shape index (κ2) is 6.60. The van der Waals surface area contributed by atoms with Crippen molar-refractivity contribution in [3.8, 4) is 0 Å². The molecular formula is C15H26O5Si. The molecule has 0 aromatic heterocycles. The van der Waals surface area contributed by atoms with Gasteiger partial charge in [-0.3, -0.25) is 4.79 Å². The van der Waals surface area contributed by atoms with E-state index in [4.69, 9.17) is 13.9 Å². The molecule has 1 unspecified atom stereocenters. The normalized spacial score (nSPS) is 36.0. The van der Waals surface area contributed by atoms with Crippen LogP contribution in [-0.4, -0.2) is 44.5 Å². The Kier molecular flexibility index (Phi) is 5.24. The molecule has 0 aliphatic carbocycles. The van der Waals surface area contributed by atoms with Crippen LogP contribution in [0.4, 0.5) is 0 Å². The van der Waals surface area contributed by atoms with Gasteiger partial charge in [0.05, 0.1) is 18.1 Å². The van der Waals surface area contributed by atoms with Gasteiger partial charge < -0.3 is 19.0 Å². The summed E-state index contributed by atoms with van der Waals surface area (Å²) in [5, 5.41) is 9.53. The van der Waals surface area contributed by atoms with E-state index >= 15 is 0 Å². The Morgan fingerprint density at radius 1 is 1.43 bits per heavy atom. The lowest BCUT2D eigenvalue weighted by Crippen LogP contribution is -2.57. The molecule has 6 heteroatoms. The minimum Gasteiger partial charge on any atom is -0.481 e. The van der Waals surface area contributed by atoms with Crippen molar-refractivity contribution in [2.75, 3.05) is 6.61 Å². The van der Waals surface area contributed by atoms with Gasteiger partial charge in [0.25, 0.3) is 0 Å². The van der Waals surface area contributed by atoms with E-state index in [1.165, 1.54) is 0 Å². The average molecular weight is 314 g/mol. The minimum absolute atomic E-state index is 0.0131. The molecule has 0 saturated carbocycles. The number of ether oxygens (including phenoxy) is 2. The van der Waals surface area contributed by atoms with Crippen LogP contribution in [0.3, 0.4) is 0 Å². The summed E-state index contributed by atoms with van der Waals surface area (Å²) in [6.07, 6.45) is 3.71. The van der Waals surface area contributed by atoms with Crippen LogP contribution in [0.1, 0.15) is 20.3 Å². The molecule has 5 nitrogen and oxygen atoms in total. The molecule has 0 aromatic rings. The first-order valence-electron chi connectivity index (χ1n) is 7.74. The van der Waals surface area contributed by atoms with E-state index in [1.54, 1.807) is 0 Å². The third-order valence-electron chi connectivity index (χ3n) is 4.28. The summed E-state index contributed by atoms with van der Waals surface area (Å²) in [6.45, 7) is 8.70. The first-order chi connectivity index (χ1) is 9.88. The van der Waals surface area contributed by atoms with Crippen molar-refractivity contribution < 1.29 is 23.8 Å². The molecular weight excluding hydrogens is 288 g/mol. The van der Waals surface area contributed by atoms with Crippen LogP contribution < -0.4 is 0 Å². The van der Waals surface area contributed by atoms with Crippen LogP contribution in [0.2, 0.25) is 19.1 Å². The quantitative estimate of drug-likeness (QED) is 0.624. The number of carboxylic acid groups (broad SMARTS) is 1. The van der Waals surface area contributed by atoms with Crippen molar-refractivity contribution in [3.63, 3.8) is 0 Å². The first kappa shape index (κ1) is 16.7. The van der Waals surface area contributed by atoms with E-state index in [9.17, 15) is 9.90 Å². The van der Waals surface area contributed by atoms with Crippen LogP contribution in [0.5, 0.6) is 0 Å². The average Bonchev–Trinajstić information content (AvgIpc) is 2.39. The largest absolute Gasteiger partial charge is 0.481 e. The smallest absolute Gasteiger partial charge is 0.306 e. The Bertz CT molecular complexity index is 409. The summed E-state index contributed by atoms with van der Waals surface area (Å²) in [7, 11) is -1.86. The van der Waals surface area contributed by atoms with Gasteiger partial charge in [-0.25, -0.2) is 0 Å². The third kappa shape index (κ3) is 3.74. The van der Waals surface area contributed by atoms with E-state index in [2.05, 4.69) is 13.1 Å². The number of fused-ring (bicyclic) bond motifs is 1. The Morgan fingerprint density at radius 3 is 2.71 bits per heavy atom. The maximum Gasteiger partial charge on any atom is 0.306 e. The topological polar surface area (TPSA) is 65.0 Å². The number of carbonyl (C=O) groups is 1. The molecule has 2 rings (SSSR count). The third-order valence-corrected chi connectivity index (χ3v) is 6.65. The summed E-state index contributed by atoms with van der Waals surface area (Å²) in [5.74, 6) is -1.14. The lowest BCUT2D eigenvalue weighted by Gasteiger charge is -2.48. The fourth-order valence-corrected chi connectivity index (χ4v) is 6.13. The van der Waals surface area contributed by atoms with Gasteiger partial charge in [0, 0.05) is 12.5 Å². The second-order valence-corrected chi connectivity index (χ2v) is 10.5. The number of aliphatic carboxylic acids is 1. The predicted octanol–water partition coefficient (Wildman–Crippen LogP) is 2.63. The second-order valence-electron chi connectivity index (χ2n) is 6.37. The Morgan fingerprint density at radius 2 is 2.14 bits per heavy atom. The molecule has 2 aliphatic heterocycles. The number of carboxylic acids is 1. The molecule has 5 atom stereocenters. The van der Waals surface area contributed by atoms with Crippen LogP contribution in [0, 0.1) is 11.8 Å². The minimum atomic E-state index is -1.86. The SMILES string of the molecule is CCO[C@@H]1C=C[C@@H]2O[Si](C)(C)C[C@H](C(CC)C(=O)O)[C@H]2O1. The van der Waals surface area contributed by atoms with Gasteiger partial charge in [0.15, 0.2) is 14.6 Å². The predicted molar refractivity (Wildman–Crippen MR) is 81.5 cm³/mol. The van der Waals surface area contributed by atoms with E-state index in [0.717, 1.165) is 6.04 Å². The van der Waals surface area contributed by atoms with Crippen molar-refractivity contribution in [2.24, 2.45) is 11.8 Å². The lowest BCUT2D eigenvalue weighted by atomic mass is 9.83. The molecule has 0 aromatic carbocycles. The van der Waals surface area contributed by atoms with Crippen molar-refractivity contribution in [2.45, 2.75) is 57.9 Å². The summed E-state index contributed by atoms with van der Waals surface area (Å²) in [4.78, 5) is 11.6. The molecule has 0 radical (unpaired) electrons. The van der Waals surface area contributed by atoms with Crippen LogP contribution in [-0.2, 0) is 18.7 Å². The van der Waals surface area contributed by atoms with E-state index < -0.39 is 20.6 Å². The molecule has 1 fully saturated rings. The molecule has 0 amide bonds. The molecule has 0 bridgehead atoms. The monoisotopic (exact) mass is 314 g/mol. The van der Waals surface area contributed by atoms with Gasteiger partial charge in [0.1, 0.15) is 0 Å². The highest BCUT2D eigenvalue weighted by molar-refractivity contribution is 6.71. The summed E-state index contributed by atoms with van der Waals surface area (Å²) in [6, 6.07) is 0.811. The maximum absolute atomic E-state index is 11.6. The van der Waals surface area contributed by atoms with Crippen LogP contribution in [0.15, 0.2) is 12.2 Å². The van der Waals surface area contributed by atoms with Gasteiger partial charge in [-0.2, -0.15) is 0 Å². The van der Waals surface area contributed by atoms with Crippen molar-refractivity contribution in [1.29, 1.82) is 0 Å². The van der Waals surface area contributed by atoms with Gasteiger partial charge in [-0.05, 0) is 38.6 Å². The Hall–Kier alpha value is -0.693. The standard InChI is InChI=1S/C15H26O5Si/c1-5-10(15(16)17)11-9-21(3,4)20-12-7-8-13(18-6-2)19-14(11)12/h7-8,10-14H,5-6,9H2,1-4H3,(H,16,17)/t10?,11-,12+,13+,14-/m1/s1. The van der Waals surface area contributed by atoms with Gasteiger partial charge in [-0.1, -0.05) is 13.0 Å². The zero-order chi connectivity index (χ0) is 15.6. The molecule has 2 heterocycles. The summed E-state index contributed by atoms with van der Waals surface area (Å²) < 4.78 is 17.7. The molecule has 1 saturated heterocycles. The zero-order valence-corrected chi connectivity index (χ0v) is 14.2. The van der Waals surface area contributed by atoms with E-state index in [0.29, 0.717) is 13.0 Å². The lowest BCUT2D eigenvalue weighted by molar-refractivity contribution is -0.193. The van der Waals surface area contributed by atoms with E-state index in [-0.39, 0.29) is 24.0 Å². The Balaban J connectivity index is 2.24. The fraction of sp³-hybridized carbons (Fsp3) is 0.800. The number of rotatable bonds is 5. The number of hydrogen-bond acceptors (Lipinski definition) is 4. The first-order valence-corrected chi connectivity index (χ1v) is 10.9. The molecule has 21 heavy (non-hydrogen) atoms. The maximum atomic E-state index is 11.6. The van der Waals surface area contributed by atoms with Gasteiger partial charge in [-0.15, -0.1) is 0 Å². The van der Waals surface area contributed by atoms with Crippen LogP contribution in [0.25, 0.3) is 0 Å². The van der Waals surface area contributed by atoms with Crippen molar-refractivity contribution >= 4 is 14.3 Å². The molecule has 0 spiro atoms. The van der Waals surface area contributed by atoms with Crippen LogP contribution >= 0.6 is 0 Å². The number of hydrogen-bond donors (Lipinski definition) is 1. The van der Waals surface area contributed by atoms with Crippen molar-refractivity contribution in [3.05, 3.63) is 12.2 Å². The summed E-state index contributed by atoms with van der Waals surface area (Å²) >= 11 is 0. The van der Waals surface area contributed by atoms with Crippen molar-refractivity contribution in [1.82, 2.24) is 0 Å². The highest BCUT2D eigenvalue weighted by Gasteiger charge is 2.49. The highest BCUT2D eigenvalue weighted by Crippen LogP contribution is 2.41. The fourth-order valence-electron chi connectivity index (χ4n) is 3.43. The van der Waals surface area contributed by atoms with E-state index in [1.807, 2.05) is 26.0 Å². The van der Waals surface area contributed by atoms with Gasteiger partial charge in [0.2, 0.25) is 0 Å². The molecule has 1 N–H and O–H groups in total. The zero-order valence-electron chi connectivity index (χ0n) is 13.2.